The van der Waals surface area contributed by atoms with Gasteiger partial charge < -0.3 is 4.74 Å². The van der Waals surface area contributed by atoms with E-state index in [-0.39, 0.29) is 30.8 Å². The molecule has 0 unspecified atom stereocenters. The van der Waals surface area contributed by atoms with Crippen LogP contribution in [0, 0.1) is 23.7 Å². The molecular weight excluding hydrogens is 410 g/mol. The number of rotatable bonds is 12. The Morgan fingerprint density at radius 3 is 2.22 bits per heavy atom. The topological polar surface area (TPSA) is 108 Å². The lowest BCUT2D eigenvalue weighted by atomic mass is 9.82. The highest BCUT2D eigenvalue weighted by Gasteiger charge is 2.35. The predicted octanol–water partition coefficient (Wildman–Crippen LogP) is 3.04. The second kappa shape index (κ2) is 14.4. The molecule has 0 heterocycles. The Hall–Kier alpha value is -2.71. The maximum absolute atomic E-state index is 13.2. The third-order valence-electron chi connectivity index (χ3n) is 4.86. The Balaban J connectivity index is 3.10. The molecule has 3 N–H and O–H groups in total. The van der Waals surface area contributed by atoms with E-state index in [1.807, 2.05) is 70.2 Å². The minimum atomic E-state index is -0.805. The number of hydrogen-bond acceptors (Lipinski definition) is 5. The van der Waals surface area contributed by atoms with Gasteiger partial charge in [0.1, 0.15) is 6.61 Å². The lowest BCUT2D eigenvalue weighted by molar-refractivity contribution is -0.149. The molecule has 178 valence electrons. The maximum Gasteiger partial charge on any atom is 0.266 e. The van der Waals surface area contributed by atoms with Crippen molar-refractivity contribution in [2.24, 2.45) is 23.7 Å². The molecule has 0 saturated carbocycles. The van der Waals surface area contributed by atoms with Crippen LogP contribution in [0.5, 0.6) is 0 Å². The van der Waals surface area contributed by atoms with Crippen LogP contribution in [0.2, 0.25) is 0 Å². The highest BCUT2D eigenvalue weighted by atomic mass is 16.5. The van der Waals surface area contributed by atoms with Crippen molar-refractivity contribution in [1.29, 1.82) is 0 Å². The predicted molar refractivity (Wildman–Crippen MR) is 123 cm³/mol. The van der Waals surface area contributed by atoms with E-state index >= 15 is 0 Å². The molecule has 0 radical (unpaired) electrons. The zero-order valence-electron chi connectivity index (χ0n) is 19.7. The van der Waals surface area contributed by atoms with Crippen LogP contribution in [-0.4, -0.2) is 48.2 Å². The number of nitrogens with zero attached hydrogens (tertiary/aromatic N) is 1. The Morgan fingerprint density at radius 2 is 1.69 bits per heavy atom. The van der Waals surface area contributed by atoms with Gasteiger partial charge in [-0.15, -0.1) is 0 Å². The van der Waals surface area contributed by atoms with Crippen LogP contribution in [-0.2, 0) is 19.1 Å². The van der Waals surface area contributed by atoms with Gasteiger partial charge in [0.25, 0.3) is 5.91 Å². The van der Waals surface area contributed by atoms with Gasteiger partial charge in [0.15, 0.2) is 0 Å². The quantitative estimate of drug-likeness (QED) is 0.337. The molecule has 0 aliphatic rings. The molecule has 1 rings (SSSR count). The second-order valence-electron chi connectivity index (χ2n) is 8.67. The fourth-order valence-electron chi connectivity index (χ4n) is 3.41. The lowest BCUT2D eigenvalue weighted by Gasteiger charge is -2.30. The van der Waals surface area contributed by atoms with Crippen LogP contribution in [0.15, 0.2) is 36.4 Å². The number of benzene rings is 1. The molecule has 3 amide bonds. The van der Waals surface area contributed by atoms with Gasteiger partial charge in [0.05, 0.1) is 11.8 Å². The first-order valence-corrected chi connectivity index (χ1v) is 10.9. The summed E-state index contributed by atoms with van der Waals surface area (Å²) in [6, 6.07) is 9.60. The number of hydrazine groups is 1. The number of amides is 3. The number of carbonyl (C=O) groups excluding carboxylic acids is 3. The molecule has 0 aromatic heterocycles. The molecule has 0 spiro atoms. The Kier molecular flexibility index (Phi) is 12.3. The highest BCUT2D eigenvalue weighted by Crippen LogP contribution is 2.25. The van der Waals surface area contributed by atoms with Gasteiger partial charge in [-0.1, -0.05) is 70.2 Å². The number of methoxy groups -OCH3 is 1. The Morgan fingerprint density at radius 1 is 1.03 bits per heavy atom. The molecule has 0 aliphatic carbocycles. The fourth-order valence-corrected chi connectivity index (χ4v) is 3.41. The van der Waals surface area contributed by atoms with E-state index < -0.39 is 23.7 Å². The van der Waals surface area contributed by atoms with Crippen molar-refractivity contribution in [3.8, 4) is 0 Å². The first kappa shape index (κ1) is 27.3. The van der Waals surface area contributed by atoms with E-state index in [4.69, 9.17) is 4.74 Å². The van der Waals surface area contributed by atoms with E-state index in [1.54, 1.807) is 5.48 Å². The molecule has 1 aromatic carbocycles. The molecule has 0 fully saturated rings. The second-order valence-corrected chi connectivity index (χ2v) is 8.67. The summed E-state index contributed by atoms with van der Waals surface area (Å²) in [5.41, 5.74) is 5.35. The van der Waals surface area contributed by atoms with Crippen molar-refractivity contribution in [3.63, 3.8) is 0 Å². The SMILES string of the molecule is COCC(=O)N(CC(C)C)NC(=O)[C@H](CC(C)C)[C@H](CC=Cc1ccccc1)C(=O)NO. The zero-order valence-corrected chi connectivity index (χ0v) is 19.7. The standard InChI is InChI=1S/C24H37N3O5/c1-17(2)14-21(23(29)25-27(15-18(3)4)22(28)16-32-5)20(24(30)26-31)13-9-12-19-10-7-6-8-11-19/h6-12,17-18,20-21,31H,13-16H2,1-5H3,(H,25,29)(H,26,30)/t20-,21+/m0/s1. The minimum Gasteiger partial charge on any atom is -0.375 e. The smallest absolute Gasteiger partial charge is 0.266 e. The Bertz CT molecular complexity index is 749. The van der Waals surface area contributed by atoms with Gasteiger partial charge in [-0.2, -0.15) is 0 Å². The molecule has 2 atom stereocenters. The van der Waals surface area contributed by atoms with Crippen molar-refractivity contribution in [1.82, 2.24) is 15.9 Å². The average molecular weight is 448 g/mol. The minimum absolute atomic E-state index is 0.116. The molecule has 32 heavy (non-hydrogen) atoms. The van der Waals surface area contributed by atoms with E-state index in [9.17, 15) is 19.6 Å². The monoisotopic (exact) mass is 447 g/mol. The first-order chi connectivity index (χ1) is 15.2. The number of ether oxygens (including phenoxy) is 1. The van der Waals surface area contributed by atoms with Gasteiger partial charge in [0, 0.05) is 13.7 Å². The molecule has 0 aliphatic heterocycles. The zero-order chi connectivity index (χ0) is 24.1. The summed E-state index contributed by atoms with van der Waals surface area (Å²) < 4.78 is 4.92. The van der Waals surface area contributed by atoms with Gasteiger partial charge in [-0.25, -0.2) is 5.48 Å². The number of hydroxylamine groups is 1. The van der Waals surface area contributed by atoms with Gasteiger partial charge in [-0.05, 0) is 30.2 Å². The van der Waals surface area contributed by atoms with Gasteiger partial charge >= 0.3 is 0 Å². The van der Waals surface area contributed by atoms with Gasteiger partial charge in [-0.3, -0.25) is 30.0 Å². The summed E-state index contributed by atoms with van der Waals surface area (Å²) in [7, 11) is 1.41. The summed E-state index contributed by atoms with van der Waals surface area (Å²) >= 11 is 0. The average Bonchev–Trinajstić information content (AvgIpc) is 2.74. The molecule has 8 heteroatoms. The van der Waals surface area contributed by atoms with Crippen molar-refractivity contribution in [2.45, 2.75) is 40.5 Å². The number of hydrogen-bond donors (Lipinski definition) is 3. The molecular formula is C24H37N3O5. The number of carbonyl (C=O) groups is 3. The van der Waals surface area contributed by atoms with Crippen LogP contribution < -0.4 is 10.9 Å². The van der Waals surface area contributed by atoms with Gasteiger partial charge in [0.2, 0.25) is 11.8 Å². The molecule has 0 bridgehead atoms. The summed E-state index contributed by atoms with van der Waals surface area (Å²) in [6.07, 6.45) is 4.35. The summed E-state index contributed by atoms with van der Waals surface area (Å²) in [5, 5.41) is 10.6. The first-order valence-electron chi connectivity index (χ1n) is 10.9. The third kappa shape index (κ3) is 9.62. The molecule has 0 saturated heterocycles. The van der Waals surface area contributed by atoms with E-state index in [0.29, 0.717) is 13.0 Å². The van der Waals surface area contributed by atoms with E-state index in [2.05, 4.69) is 5.43 Å². The van der Waals surface area contributed by atoms with E-state index in [1.165, 1.54) is 12.1 Å². The molecule has 1 aromatic rings. The lowest BCUT2D eigenvalue weighted by Crippen LogP contribution is -2.53. The number of nitrogens with one attached hydrogen (secondary N) is 2. The van der Waals surface area contributed by atoms with Crippen LogP contribution in [0.25, 0.3) is 6.08 Å². The summed E-state index contributed by atoms with van der Waals surface area (Å²) in [5.74, 6) is -2.76. The van der Waals surface area contributed by atoms with Crippen LogP contribution >= 0.6 is 0 Å². The largest absolute Gasteiger partial charge is 0.375 e. The third-order valence-corrected chi connectivity index (χ3v) is 4.86. The van der Waals surface area contributed by atoms with Crippen molar-refractivity contribution < 1.29 is 24.3 Å². The summed E-state index contributed by atoms with van der Waals surface area (Å²) in [6.45, 7) is 7.92. The van der Waals surface area contributed by atoms with Crippen molar-refractivity contribution in [2.75, 3.05) is 20.3 Å². The van der Waals surface area contributed by atoms with Crippen LogP contribution in [0.1, 0.15) is 46.1 Å². The maximum atomic E-state index is 13.2. The van der Waals surface area contributed by atoms with Crippen LogP contribution in [0.4, 0.5) is 0 Å². The Labute approximate surface area is 190 Å². The van der Waals surface area contributed by atoms with E-state index in [0.717, 1.165) is 5.56 Å². The normalized spacial score (nSPS) is 13.2. The highest BCUT2D eigenvalue weighted by molar-refractivity contribution is 5.89. The van der Waals surface area contributed by atoms with Crippen LogP contribution in [0.3, 0.4) is 0 Å². The summed E-state index contributed by atoms with van der Waals surface area (Å²) in [4.78, 5) is 38.2. The number of allylic oxidation sites excluding steroid dienone is 1. The van der Waals surface area contributed by atoms with Crippen molar-refractivity contribution in [3.05, 3.63) is 42.0 Å². The fraction of sp³-hybridized carbons (Fsp3) is 0.542. The van der Waals surface area contributed by atoms with Crippen molar-refractivity contribution >= 4 is 23.8 Å². The molecule has 8 nitrogen and oxygen atoms in total.